The molecule has 3 unspecified atom stereocenters. The SMILES string of the molecule is CCCCCCCCCCCCCCCCCCCCCCCCCCCCCCCCCCCCCCCCCCC(=O)NC(COP(=O)([O-])OCC[N+](C)(C)C)C(O)CCCCCCCCCCCCCCCCCCCCCC. The number of nitrogens with one attached hydrogen (secondary N) is 1. The van der Waals surface area contributed by atoms with Crippen molar-refractivity contribution in [2.75, 3.05) is 40.9 Å². The molecule has 492 valence electrons. The molecule has 0 heterocycles. The van der Waals surface area contributed by atoms with Crippen LogP contribution in [0.5, 0.6) is 0 Å². The van der Waals surface area contributed by atoms with Gasteiger partial charge >= 0.3 is 0 Å². The molecule has 2 N–H and O–H groups in total. The number of unbranched alkanes of at least 4 members (excludes halogenated alkanes) is 58. The summed E-state index contributed by atoms with van der Waals surface area (Å²) in [4.78, 5) is 25.7. The molecule has 0 aliphatic carbocycles. The second kappa shape index (κ2) is 65.0. The van der Waals surface area contributed by atoms with Gasteiger partial charge in [0.1, 0.15) is 13.2 Å². The van der Waals surface area contributed by atoms with E-state index in [0.717, 1.165) is 38.5 Å². The van der Waals surface area contributed by atoms with Crippen LogP contribution in [0.1, 0.15) is 412 Å². The molecule has 0 spiro atoms. The van der Waals surface area contributed by atoms with Gasteiger partial charge in [-0.05, 0) is 12.8 Å². The Morgan fingerprint density at radius 2 is 0.598 bits per heavy atom. The molecule has 0 rings (SSSR count). The lowest BCUT2D eigenvalue weighted by Gasteiger charge is -2.30. The van der Waals surface area contributed by atoms with Gasteiger partial charge in [-0.1, -0.05) is 393 Å². The summed E-state index contributed by atoms with van der Waals surface area (Å²) in [7, 11) is 1.33. The minimum atomic E-state index is -4.57. The van der Waals surface area contributed by atoms with Crippen molar-refractivity contribution in [2.45, 2.75) is 424 Å². The predicted octanol–water partition coefficient (Wildman–Crippen LogP) is 23.3. The highest BCUT2D eigenvalue weighted by atomic mass is 31.2. The van der Waals surface area contributed by atoms with E-state index in [9.17, 15) is 19.4 Å². The van der Waals surface area contributed by atoms with E-state index in [-0.39, 0.29) is 19.1 Å². The second-order valence-corrected chi connectivity index (χ2v) is 28.8. The van der Waals surface area contributed by atoms with Crippen LogP contribution >= 0.6 is 7.82 Å². The van der Waals surface area contributed by atoms with Gasteiger partial charge in [0.15, 0.2) is 0 Å². The average molecular weight is 1180 g/mol. The number of nitrogens with zero attached hydrogens (tertiary/aromatic N) is 1. The first kappa shape index (κ1) is 81.5. The van der Waals surface area contributed by atoms with E-state index in [1.54, 1.807) is 0 Å². The van der Waals surface area contributed by atoms with Crippen molar-refractivity contribution >= 4 is 13.7 Å². The van der Waals surface area contributed by atoms with Gasteiger partial charge in [0.2, 0.25) is 5.91 Å². The summed E-state index contributed by atoms with van der Waals surface area (Å²) in [6.07, 6.45) is 82.2. The number of aliphatic hydroxyl groups excluding tert-OH is 1. The first-order chi connectivity index (χ1) is 40.0. The fourth-order valence-corrected chi connectivity index (χ4v) is 12.8. The third-order valence-electron chi connectivity index (χ3n) is 17.8. The summed E-state index contributed by atoms with van der Waals surface area (Å²) in [5.74, 6) is -0.153. The lowest BCUT2D eigenvalue weighted by Crippen LogP contribution is -2.46. The predicted molar refractivity (Wildman–Crippen MR) is 358 cm³/mol. The fourth-order valence-electron chi connectivity index (χ4n) is 12.0. The number of phosphoric acid groups is 1. The van der Waals surface area contributed by atoms with E-state index >= 15 is 0 Å². The van der Waals surface area contributed by atoms with Crippen molar-refractivity contribution in [3.05, 3.63) is 0 Å². The van der Waals surface area contributed by atoms with Crippen molar-refractivity contribution in [3.8, 4) is 0 Å². The number of hydrogen-bond donors (Lipinski definition) is 2. The highest BCUT2D eigenvalue weighted by Crippen LogP contribution is 2.38. The monoisotopic (exact) mass is 1180 g/mol. The summed E-state index contributed by atoms with van der Waals surface area (Å²) in [6, 6.07) is -0.797. The molecule has 0 saturated carbocycles. The number of hydrogen-bond acceptors (Lipinski definition) is 6. The molecule has 9 heteroatoms. The summed E-state index contributed by atoms with van der Waals surface area (Å²) in [5.41, 5.74) is 0. The third kappa shape index (κ3) is 67.0. The number of carbonyl (C=O) groups is 1. The minimum Gasteiger partial charge on any atom is -0.756 e. The molecule has 82 heavy (non-hydrogen) atoms. The number of rotatable bonds is 71. The molecule has 3 atom stereocenters. The van der Waals surface area contributed by atoms with Crippen LogP contribution < -0.4 is 10.2 Å². The van der Waals surface area contributed by atoms with Crippen LogP contribution in [0.4, 0.5) is 0 Å². The van der Waals surface area contributed by atoms with Crippen molar-refractivity contribution < 1.29 is 32.9 Å². The molecule has 0 saturated heterocycles. The molecule has 8 nitrogen and oxygen atoms in total. The van der Waals surface area contributed by atoms with Crippen LogP contribution in [-0.4, -0.2) is 68.5 Å². The maximum Gasteiger partial charge on any atom is 0.268 e. The summed E-state index contributed by atoms with van der Waals surface area (Å²) >= 11 is 0. The smallest absolute Gasteiger partial charge is 0.268 e. The molecule has 0 aliphatic heterocycles. The normalized spacial score (nSPS) is 13.5. The molecule has 0 fully saturated rings. The van der Waals surface area contributed by atoms with E-state index in [1.165, 1.54) is 347 Å². The zero-order chi connectivity index (χ0) is 59.8. The minimum absolute atomic E-state index is 0.0169. The molecule has 0 bridgehead atoms. The van der Waals surface area contributed by atoms with E-state index in [2.05, 4.69) is 19.2 Å². The number of quaternary nitrogens is 1. The lowest BCUT2D eigenvalue weighted by molar-refractivity contribution is -0.870. The summed E-state index contributed by atoms with van der Waals surface area (Å²) in [6.45, 7) is 4.80. The molecule has 0 aromatic rings. The number of carbonyl (C=O) groups excluding carboxylic acids is 1. The first-order valence-electron chi connectivity index (χ1n) is 37.4. The highest BCUT2D eigenvalue weighted by Gasteiger charge is 2.24. The van der Waals surface area contributed by atoms with E-state index in [4.69, 9.17) is 9.05 Å². The van der Waals surface area contributed by atoms with Crippen LogP contribution in [-0.2, 0) is 18.4 Å². The average Bonchev–Trinajstić information content (AvgIpc) is 3.47. The topological polar surface area (TPSA) is 108 Å². The number of phosphoric ester groups is 1. The molecule has 0 aliphatic rings. The standard InChI is InChI=1S/C73H149N2O6P/c1-6-8-10-12-14-16-18-20-22-24-26-28-29-30-31-32-33-34-35-36-37-38-39-40-41-42-43-44-45-46-47-49-51-53-55-57-59-61-63-65-67-73(77)74-71(70-81-82(78,79)80-69-68-75(3,4)5)72(76)66-64-62-60-58-56-54-52-50-48-27-25-23-21-19-17-15-13-11-9-7-2/h71-72,76H,6-70H2,1-5H3,(H-,74,77,78,79). The van der Waals surface area contributed by atoms with Gasteiger partial charge in [-0.3, -0.25) is 9.36 Å². The molecule has 0 radical (unpaired) electrons. The summed E-state index contributed by atoms with van der Waals surface area (Å²) in [5, 5.41) is 14.1. The van der Waals surface area contributed by atoms with Crippen molar-refractivity contribution in [1.82, 2.24) is 5.32 Å². The van der Waals surface area contributed by atoms with Crippen LogP contribution in [0, 0.1) is 0 Å². The Labute approximate surface area is 514 Å². The second-order valence-electron chi connectivity index (χ2n) is 27.4. The third-order valence-corrected chi connectivity index (χ3v) is 18.8. The van der Waals surface area contributed by atoms with Crippen molar-refractivity contribution in [2.24, 2.45) is 0 Å². The maximum absolute atomic E-state index is 13.1. The Balaban J connectivity index is 3.84. The molecular weight excluding hydrogens is 1030 g/mol. The maximum atomic E-state index is 13.1. The van der Waals surface area contributed by atoms with Gasteiger partial charge < -0.3 is 28.8 Å². The zero-order valence-corrected chi connectivity index (χ0v) is 57.4. The Kier molecular flexibility index (Phi) is 64.6. The quantitative estimate of drug-likeness (QED) is 0.0357. The molecule has 0 aromatic carbocycles. The van der Waals surface area contributed by atoms with Crippen LogP contribution in [0.3, 0.4) is 0 Å². The van der Waals surface area contributed by atoms with E-state index < -0.39 is 20.0 Å². The van der Waals surface area contributed by atoms with E-state index in [1.807, 2.05) is 21.1 Å². The van der Waals surface area contributed by atoms with Gasteiger partial charge in [-0.2, -0.15) is 0 Å². The Bertz CT molecular complexity index is 1300. The molecule has 0 aromatic heterocycles. The summed E-state index contributed by atoms with van der Waals surface area (Å²) < 4.78 is 23.5. The Morgan fingerprint density at radius 1 is 0.378 bits per heavy atom. The van der Waals surface area contributed by atoms with Gasteiger partial charge in [-0.15, -0.1) is 0 Å². The fraction of sp³-hybridized carbons (Fsp3) is 0.986. The number of likely N-dealkylation sites (N-methyl/N-ethyl adjacent to an activating group) is 1. The van der Waals surface area contributed by atoms with Crippen LogP contribution in [0.25, 0.3) is 0 Å². The van der Waals surface area contributed by atoms with Crippen LogP contribution in [0.15, 0.2) is 0 Å². The largest absolute Gasteiger partial charge is 0.756 e. The van der Waals surface area contributed by atoms with Gasteiger partial charge in [0.05, 0.1) is 39.9 Å². The van der Waals surface area contributed by atoms with Gasteiger partial charge in [0, 0.05) is 6.42 Å². The van der Waals surface area contributed by atoms with Gasteiger partial charge in [-0.25, -0.2) is 0 Å². The van der Waals surface area contributed by atoms with Gasteiger partial charge in [0.25, 0.3) is 7.82 Å². The lowest BCUT2D eigenvalue weighted by atomic mass is 10.0. The van der Waals surface area contributed by atoms with E-state index in [0.29, 0.717) is 23.9 Å². The number of aliphatic hydroxyl groups is 1. The Hall–Kier alpha value is -0.500. The first-order valence-corrected chi connectivity index (χ1v) is 38.8. The van der Waals surface area contributed by atoms with Crippen molar-refractivity contribution in [3.63, 3.8) is 0 Å². The Morgan fingerprint density at radius 3 is 0.829 bits per heavy atom. The van der Waals surface area contributed by atoms with Crippen molar-refractivity contribution in [1.29, 1.82) is 0 Å². The number of amides is 1. The van der Waals surface area contributed by atoms with Crippen LogP contribution in [0.2, 0.25) is 0 Å². The molecule has 1 amide bonds. The zero-order valence-electron chi connectivity index (χ0n) is 56.5. The molecular formula is C73H149N2O6P. The highest BCUT2D eigenvalue weighted by molar-refractivity contribution is 7.45.